The van der Waals surface area contributed by atoms with Crippen molar-refractivity contribution in [2.24, 2.45) is 23.7 Å². The van der Waals surface area contributed by atoms with Crippen molar-refractivity contribution >= 4 is 11.6 Å². The van der Waals surface area contributed by atoms with Crippen LogP contribution in [0.15, 0.2) is 24.3 Å². The van der Waals surface area contributed by atoms with E-state index in [0.717, 1.165) is 25.7 Å². The standard InChI is InChI=1S/C34H48O6/c1-21(2)9-13-37-29-17-25-26-18-30(38-14-10-22(3)4)32(40-16-12-24(7)8)20-28(26)34(36)33(35)27(25)19-31(29)39-15-11-23(5)6/h17-24H,9-16H2,1-8H3. The van der Waals surface area contributed by atoms with Gasteiger partial charge in [0.2, 0.25) is 11.6 Å². The van der Waals surface area contributed by atoms with Gasteiger partial charge in [-0.3, -0.25) is 9.59 Å². The maximum atomic E-state index is 13.4. The molecule has 3 rings (SSSR count). The van der Waals surface area contributed by atoms with E-state index in [1.54, 1.807) is 12.1 Å². The minimum absolute atomic E-state index is 0.329. The molecule has 6 nitrogen and oxygen atoms in total. The van der Waals surface area contributed by atoms with E-state index in [1.807, 2.05) is 12.1 Å². The lowest BCUT2D eigenvalue weighted by Crippen LogP contribution is -2.22. The third-order valence-corrected chi connectivity index (χ3v) is 6.96. The molecule has 1 aliphatic carbocycles. The minimum Gasteiger partial charge on any atom is -0.490 e. The topological polar surface area (TPSA) is 71.1 Å². The number of ketones is 2. The van der Waals surface area contributed by atoms with Gasteiger partial charge in [0.1, 0.15) is 0 Å². The summed E-state index contributed by atoms with van der Waals surface area (Å²) in [6.07, 6.45) is 3.52. The van der Waals surface area contributed by atoms with Gasteiger partial charge in [0.05, 0.1) is 26.4 Å². The number of rotatable bonds is 16. The molecule has 0 saturated carbocycles. The molecule has 0 spiro atoms. The summed E-state index contributed by atoms with van der Waals surface area (Å²) in [5, 5.41) is 0. The minimum atomic E-state index is -0.549. The van der Waals surface area contributed by atoms with E-state index in [0.29, 0.717) is 95.4 Å². The summed E-state index contributed by atoms with van der Waals surface area (Å²) < 4.78 is 24.6. The van der Waals surface area contributed by atoms with E-state index in [-0.39, 0.29) is 0 Å². The van der Waals surface area contributed by atoms with Crippen LogP contribution < -0.4 is 18.9 Å². The molecule has 6 heteroatoms. The van der Waals surface area contributed by atoms with Gasteiger partial charge in [0.25, 0.3) is 0 Å². The molecule has 0 fully saturated rings. The zero-order valence-electron chi connectivity index (χ0n) is 25.7. The van der Waals surface area contributed by atoms with E-state index < -0.39 is 11.6 Å². The molecule has 0 unspecified atom stereocenters. The smallest absolute Gasteiger partial charge is 0.234 e. The third kappa shape index (κ3) is 8.49. The van der Waals surface area contributed by atoms with Gasteiger partial charge < -0.3 is 18.9 Å². The van der Waals surface area contributed by atoms with Gasteiger partial charge in [0, 0.05) is 11.1 Å². The Morgan fingerprint density at radius 3 is 0.875 bits per heavy atom. The van der Waals surface area contributed by atoms with Gasteiger partial charge in [-0.15, -0.1) is 0 Å². The van der Waals surface area contributed by atoms with Crippen LogP contribution >= 0.6 is 0 Å². The molecule has 0 heterocycles. The van der Waals surface area contributed by atoms with Crippen molar-refractivity contribution in [3.63, 3.8) is 0 Å². The molecule has 0 radical (unpaired) electrons. The molecule has 2 aromatic carbocycles. The number of Topliss-reactive ketones (excluding diaryl/α,β-unsaturated/α-hetero) is 2. The largest absolute Gasteiger partial charge is 0.490 e. The molecule has 0 saturated heterocycles. The number of carbonyl (C=O) groups is 2. The molecule has 0 aromatic heterocycles. The first-order valence-electron chi connectivity index (χ1n) is 14.9. The Balaban J connectivity index is 2.07. The number of ether oxygens (including phenoxy) is 4. The Bertz CT molecular complexity index is 1070. The van der Waals surface area contributed by atoms with Gasteiger partial charge in [-0.25, -0.2) is 0 Å². The van der Waals surface area contributed by atoms with E-state index >= 15 is 0 Å². The maximum Gasteiger partial charge on any atom is 0.234 e. The Morgan fingerprint density at radius 1 is 0.425 bits per heavy atom. The summed E-state index contributed by atoms with van der Waals surface area (Å²) in [5.41, 5.74) is 1.96. The molecular weight excluding hydrogens is 504 g/mol. The third-order valence-electron chi connectivity index (χ3n) is 6.96. The van der Waals surface area contributed by atoms with Crippen LogP contribution in [0.5, 0.6) is 23.0 Å². The lowest BCUT2D eigenvalue weighted by Gasteiger charge is -2.24. The van der Waals surface area contributed by atoms with Crippen molar-refractivity contribution in [2.75, 3.05) is 26.4 Å². The lowest BCUT2D eigenvalue weighted by molar-refractivity contribution is 0.0814. The molecule has 0 amide bonds. The summed E-state index contributed by atoms with van der Waals surface area (Å²) in [4.78, 5) is 26.7. The van der Waals surface area contributed by atoms with E-state index in [1.165, 1.54) is 0 Å². The molecule has 0 atom stereocenters. The Labute approximate surface area is 240 Å². The maximum absolute atomic E-state index is 13.4. The second-order valence-electron chi connectivity index (χ2n) is 12.5. The van der Waals surface area contributed by atoms with Crippen molar-refractivity contribution in [3.8, 4) is 34.1 Å². The van der Waals surface area contributed by atoms with Crippen molar-refractivity contribution in [2.45, 2.75) is 81.1 Å². The number of fused-ring (bicyclic) bond motifs is 3. The Kier molecular flexibility index (Phi) is 11.5. The van der Waals surface area contributed by atoms with Crippen molar-refractivity contribution < 1.29 is 28.5 Å². The van der Waals surface area contributed by atoms with Crippen molar-refractivity contribution in [1.82, 2.24) is 0 Å². The van der Waals surface area contributed by atoms with Gasteiger partial charge in [0.15, 0.2) is 23.0 Å². The summed E-state index contributed by atoms with van der Waals surface area (Å²) >= 11 is 0. The summed E-state index contributed by atoms with van der Waals surface area (Å²) in [6.45, 7) is 19.2. The predicted molar refractivity (Wildman–Crippen MR) is 160 cm³/mol. The first kappa shape index (κ1) is 31.5. The quantitative estimate of drug-likeness (QED) is 0.195. The highest BCUT2D eigenvalue weighted by molar-refractivity contribution is 6.53. The van der Waals surface area contributed by atoms with Crippen molar-refractivity contribution in [1.29, 1.82) is 0 Å². The zero-order valence-corrected chi connectivity index (χ0v) is 25.7. The second-order valence-corrected chi connectivity index (χ2v) is 12.5. The van der Waals surface area contributed by atoms with Gasteiger partial charge in [-0.05, 0) is 84.7 Å². The number of hydrogen-bond donors (Lipinski definition) is 0. The van der Waals surface area contributed by atoms with Crippen LogP contribution in [-0.4, -0.2) is 38.0 Å². The van der Waals surface area contributed by atoms with Gasteiger partial charge in [-0.1, -0.05) is 55.4 Å². The highest BCUT2D eigenvalue weighted by Gasteiger charge is 2.34. The van der Waals surface area contributed by atoms with E-state index in [4.69, 9.17) is 18.9 Å². The van der Waals surface area contributed by atoms with E-state index in [2.05, 4.69) is 55.4 Å². The molecule has 1 aliphatic rings. The highest BCUT2D eigenvalue weighted by atomic mass is 16.5. The normalized spacial score (nSPS) is 12.8. The lowest BCUT2D eigenvalue weighted by atomic mass is 9.83. The Morgan fingerprint density at radius 2 is 0.650 bits per heavy atom. The number of carbonyl (C=O) groups excluding carboxylic acids is 2. The fourth-order valence-electron chi connectivity index (χ4n) is 4.26. The van der Waals surface area contributed by atoms with E-state index in [9.17, 15) is 9.59 Å². The molecule has 40 heavy (non-hydrogen) atoms. The van der Waals surface area contributed by atoms with Crippen LogP contribution in [0.25, 0.3) is 11.1 Å². The SMILES string of the molecule is CC(C)CCOc1cc2c(cc1OCCC(C)C)-c1cc(OCCC(C)C)c(OCCC(C)C)cc1C(=O)C2=O. The average molecular weight is 553 g/mol. The molecular formula is C34H48O6. The van der Waals surface area contributed by atoms with Crippen LogP contribution in [0.1, 0.15) is 102 Å². The van der Waals surface area contributed by atoms with Crippen LogP contribution in [0.3, 0.4) is 0 Å². The number of hydrogen-bond acceptors (Lipinski definition) is 6. The molecule has 0 N–H and O–H groups in total. The molecule has 2 aromatic rings. The first-order chi connectivity index (χ1) is 19.0. The van der Waals surface area contributed by atoms with Crippen LogP contribution in [0.2, 0.25) is 0 Å². The highest BCUT2D eigenvalue weighted by Crippen LogP contribution is 2.45. The van der Waals surface area contributed by atoms with Crippen molar-refractivity contribution in [3.05, 3.63) is 35.4 Å². The molecule has 220 valence electrons. The first-order valence-corrected chi connectivity index (χ1v) is 14.9. The summed E-state index contributed by atoms with van der Waals surface area (Å²) in [7, 11) is 0. The summed E-state index contributed by atoms with van der Waals surface area (Å²) in [5.74, 6) is 2.98. The monoisotopic (exact) mass is 552 g/mol. The second kappa shape index (κ2) is 14.6. The van der Waals surface area contributed by atoms with Gasteiger partial charge in [-0.2, -0.15) is 0 Å². The fraction of sp³-hybridized carbons (Fsp3) is 0.588. The Hall–Kier alpha value is -3.02. The van der Waals surface area contributed by atoms with Crippen LogP contribution in [-0.2, 0) is 0 Å². The molecule has 0 aliphatic heterocycles. The predicted octanol–water partition coefficient (Wildman–Crippen LogP) is 8.43. The average Bonchev–Trinajstić information content (AvgIpc) is 2.87. The van der Waals surface area contributed by atoms with Crippen LogP contribution in [0.4, 0.5) is 0 Å². The zero-order chi connectivity index (χ0) is 29.4. The van der Waals surface area contributed by atoms with Gasteiger partial charge >= 0.3 is 0 Å². The summed E-state index contributed by atoms with van der Waals surface area (Å²) in [6, 6.07) is 7.05. The number of benzene rings is 2. The molecule has 0 bridgehead atoms. The fourth-order valence-corrected chi connectivity index (χ4v) is 4.26. The van der Waals surface area contributed by atoms with Crippen LogP contribution in [0, 0.1) is 23.7 Å².